The smallest absolute Gasteiger partial charge is 0.204 e. The van der Waals surface area contributed by atoms with Crippen LogP contribution in [0.25, 0.3) is 0 Å². The molecule has 0 heterocycles. The van der Waals surface area contributed by atoms with Crippen molar-refractivity contribution in [1.29, 1.82) is 0 Å². The van der Waals surface area contributed by atoms with Crippen LogP contribution in [0.3, 0.4) is 0 Å². The molecule has 4 heteroatoms. The van der Waals surface area contributed by atoms with Gasteiger partial charge in [0.2, 0.25) is 0 Å². The third-order valence-electron chi connectivity index (χ3n) is 2.18. The first-order valence-electron chi connectivity index (χ1n) is 5.16. The monoisotopic (exact) mass is 246 g/mol. The Morgan fingerprint density at radius 3 is 2.00 bits per heavy atom. The molecule has 0 aromatic heterocycles. The second-order valence-corrected chi connectivity index (χ2v) is 4.68. The summed E-state index contributed by atoms with van der Waals surface area (Å²) in [5.41, 5.74) is 0. The summed E-state index contributed by atoms with van der Waals surface area (Å²) in [5, 5.41) is 0. The van der Waals surface area contributed by atoms with Gasteiger partial charge in [0.1, 0.15) is 0 Å². The first-order chi connectivity index (χ1) is 6.50. The van der Waals surface area contributed by atoms with E-state index < -0.39 is 10.8 Å². The van der Waals surface area contributed by atoms with Crippen LogP contribution in [0.4, 0.5) is 8.78 Å². The number of rotatable bonds is 8. The van der Waals surface area contributed by atoms with E-state index in [-0.39, 0.29) is 6.42 Å². The highest BCUT2D eigenvalue weighted by Crippen LogP contribution is 2.31. The van der Waals surface area contributed by atoms with Crippen LogP contribution in [0.1, 0.15) is 51.9 Å². The maximum absolute atomic E-state index is 12.9. The molecule has 0 saturated heterocycles. The summed E-state index contributed by atoms with van der Waals surface area (Å²) in [6, 6.07) is 0. The van der Waals surface area contributed by atoms with Gasteiger partial charge in [-0.05, 0) is 6.42 Å². The van der Waals surface area contributed by atoms with Crippen LogP contribution >= 0.6 is 23.2 Å². The molecule has 0 aliphatic heterocycles. The van der Waals surface area contributed by atoms with E-state index in [2.05, 4.69) is 6.92 Å². The zero-order chi connectivity index (χ0) is 11.0. The molecule has 0 aromatic rings. The summed E-state index contributed by atoms with van der Waals surface area (Å²) >= 11 is 10.3. The Kier molecular flexibility index (Phi) is 7.94. The van der Waals surface area contributed by atoms with Crippen LogP contribution in [-0.4, -0.2) is 10.8 Å². The van der Waals surface area contributed by atoms with E-state index in [9.17, 15) is 8.78 Å². The van der Waals surface area contributed by atoms with E-state index in [1.54, 1.807) is 0 Å². The first kappa shape index (κ1) is 14.4. The predicted molar refractivity (Wildman–Crippen MR) is 58.4 cm³/mol. The highest BCUT2D eigenvalue weighted by molar-refractivity contribution is 6.45. The molecule has 0 aliphatic carbocycles. The predicted octanol–water partition coefficient (Wildman–Crippen LogP) is 5.18. The standard InChI is InChI=1S/C10H18Cl2F2/c1-2-3-4-5-6-7-8-10(13,14)9(11)12/h9H,2-8H2,1H3. The molecule has 0 radical (unpaired) electrons. The molecule has 0 atom stereocenters. The van der Waals surface area contributed by atoms with Gasteiger partial charge in [0.15, 0.2) is 4.84 Å². The molecule has 0 nitrogen and oxygen atoms in total. The zero-order valence-electron chi connectivity index (χ0n) is 8.54. The van der Waals surface area contributed by atoms with Crippen LogP contribution in [0.15, 0.2) is 0 Å². The average Bonchev–Trinajstić information content (AvgIpc) is 2.10. The molecular weight excluding hydrogens is 229 g/mol. The molecule has 86 valence electrons. The summed E-state index contributed by atoms with van der Waals surface area (Å²) in [7, 11) is 0. The number of alkyl halides is 4. The van der Waals surface area contributed by atoms with E-state index in [0.717, 1.165) is 19.3 Å². The van der Waals surface area contributed by atoms with Gasteiger partial charge in [-0.25, -0.2) is 8.78 Å². The average molecular weight is 247 g/mol. The molecule has 0 saturated carbocycles. The number of unbranched alkanes of at least 4 members (excludes halogenated alkanes) is 5. The molecule has 0 bridgehead atoms. The Morgan fingerprint density at radius 1 is 1.00 bits per heavy atom. The van der Waals surface area contributed by atoms with Crippen molar-refractivity contribution in [3.8, 4) is 0 Å². The summed E-state index contributed by atoms with van der Waals surface area (Å²) in [6.07, 6.45) is 5.66. The molecule has 0 aliphatic rings. The molecule has 0 fully saturated rings. The SMILES string of the molecule is CCCCCCCCC(F)(F)C(Cl)Cl. The minimum atomic E-state index is -2.92. The second-order valence-electron chi connectivity index (χ2n) is 3.58. The molecule has 14 heavy (non-hydrogen) atoms. The van der Waals surface area contributed by atoms with E-state index >= 15 is 0 Å². The van der Waals surface area contributed by atoms with Crippen LogP contribution in [0.5, 0.6) is 0 Å². The topological polar surface area (TPSA) is 0 Å². The van der Waals surface area contributed by atoms with Gasteiger partial charge in [0.25, 0.3) is 5.92 Å². The maximum atomic E-state index is 12.9. The molecule has 0 unspecified atom stereocenters. The van der Waals surface area contributed by atoms with Crippen LogP contribution in [0.2, 0.25) is 0 Å². The third kappa shape index (κ3) is 6.83. The van der Waals surface area contributed by atoms with Gasteiger partial charge in [-0.15, -0.1) is 0 Å². The van der Waals surface area contributed by atoms with Gasteiger partial charge in [0, 0.05) is 6.42 Å². The molecule has 0 spiro atoms. The van der Waals surface area contributed by atoms with Gasteiger partial charge >= 0.3 is 0 Å². The Morgan fingerprint density at radius 2 is 1.50 bits per heavy atom. The fourth-order valence-electron chi connectivity index (χ4n) is 1.25. The van der Waals surface area contributed by atoms with Gasteiger partial charge in [-0.2, -0.15) is 0 Å². The fourth-order valence-corrected chi connectivity index (χ4v) is 1.47. The van der Waals surface area contributed by atoms with Crippen molar-refractivity contribution in [3.63, 3.8) is 0 Å². The van der Waals surface area contributed by atoms with Crippen molar-refractivity contribution >= 4 is 23.2 Å². The van der Waals surface area contributed by atoms with Gasteiger partial charge in [-0.1, -0.05) is 62.2 Å². The lowest BCUT2D eigenvalue weighted by molar-refractivity contribution is 0.00418. The van der Waals surface area contributed by atoms with Crippen molar-refractivity contribution in [2.24, 2.45) is 0 Å². The van der Waals surface area contributed by atoms with Crippen molar-refractivity contribution in [2.75, 3.05) is 0 Å². The summed E-state index contributed by atoms with van der Waals surface area (Å²) < 4.78 is 25.7. The summed E-state index contributed by atoms with van der Waals surface area (Å²) in [4.78, 5) is -1.57. The lowest BCUT2D eigenvalue weighted by Gasteiger charge is -2.16. The number of hydrogen-bond donors (Lipinski definition) is 0. The largest absolute Gasteiger partial charge is 0.277 e. The normalized spacial score (nSPS) is 12.4. The highest BCUT2D eigenvalue weighted by Gasteiger charge is 2.35. The number of halogens is 4. The third-order valence-corrected chi connectivity index (χ3v) is 2.82. The van der Waals surface area contributed by atoms with Crippen molar-refractivity contribution in [2.45, 2.75) is 62.6 Å². The number of hydrogen-bond acceptors (Lipinski definition) is 0. The van der Waals surface area contributed by atoms with Crippen molar-refractivity contribution in [1.82, 2.24) is 0 Å². The van der Waals surface area contributed by atoms with E-state index in [0.29, 0.717) is 6.42 Å². The zero-order valence-corrected chi connectivity index (χ0v) is 10.1. The van der Waals surface area contributed by atoms with Gasteiger partial charge in [0.05, 0.1) is 0 Å². The quantitative estimate of drug-likeness (QED) is 0.409. The van der Waals surface area contributed by atoms with Crippen molar-refractivity contribution < 1.29 is 8.78 Å². The summed E-state index contributed by atoms with van der Waals surface area (Å²) in [6.45, 7) is 2.12. The van der Waals surface area contributed by atoms with E-state index in [1.807, 2.05) is 0 Å². The fraction of sp³-hybridized carbons (Fsp3) is 1.00. The molecule has 0 amide bonds. The lowest BCUT2D eigenvalue weighted by atomic mass is 10.1. The second kappa shape index (κ2) is 7.70. The Labute approximate surface area is 95.0 Å². The van der Waals surface area contributed by atoms with Gasteiger partial charge in [-0.3, -0.25) is 0 Å². The Hall–Kier alpha value is 0.440. The lowest BCUT2D eigenvalue weighted by Crippen LogP contribution is -2.24. The molecular formula is C10H18Cl2F2. The van der Waals surface area contributed by atoms with Crippen LogP contribution in [0, 0.1) is 0 Å². The first-order valence-corrected chi connectivity index (χ1v) is 6.04. The van der Waals surface area contributed by atoms with Crippen LogP contribution < -0.4 is 0 Å². The molecule has 0 rings (SSSR count). The maximum Gasteiger partial charge on any atom is 0.277 e. The van der Waals surface area contributed by atoms with E-state index in [1.165, 1.54) is 12.8 Å². The van der Waals surface area contributed by atoms with E-state index in [4.69, 9.17) is 23.2 Å². The minimum Gasteiger partial charge on any atom is -0.204 e. The van der Waals surface area contributed by atoms with Gasteiger partial charge < -0.3 is 0 Å². The molecule has 0 aromatic carbocycles. The Balaban J connectivity index is 3.35. The van der Waals surface area contributed by atoms with Crippen LogP contribution in [-0.2, 0) is 0 Å². The molecule has 0 N–H and O–H groups in total. The van der Waals surface area contributed by atoms with Crippen molar-refractivity contribution in [3.05, 3.63) is 0 Å². The highest BCUT2D eigenvalue weighted by atomic mass is 35.5. The summed E-state index contributed by atoms with van der Waals surface area (Å²) in [5.74, 6) is -2.92. The minimum absolute atomic E-state index is 0.198. The Bertz CT molecular complexity index is 138.